The van der Waals surface area contributed by atoms with Crippen LogP contribution >= 0.6 is 0 Å². The predicted molar refractivity (Wildman–Crippen MR) is 161 cm³/mol. The number of nitrogens with two attached hydrogens (primary N) is 1. The van der Waals surface area contributed by atoms with E-state index in [1.54, 1.807) is 25.1 Å². The fraction of sp³-hybridized carbons (Fsp3) is 0.314. The van der Waals surface area contributed by atoms with Crippen LogP contribution in [0.5, 0.6) is 11.5 Å². The van der Waals surface area contributed by atoms with Gasteiger partial charge in [0.2, 0.25) is 11.7 Å². The molecule has 1 atom stereocenters. The molecule has 2 aliphatic rings. The Morgan fingerprint density at radius 2 is 1.74 bits per heavy atom. The van der Waals surface area contributed by atoms with E-state index in [0.29, 0.717) is 23.7 Å². The van der Waals surface area contributed by atoms with E-state index in [9.17, 15) is 13.6 Å². The van der Waals surface area contributed by atoms with Crippen molar-refractivity contribution < 1.29 is 27.5 Å². The third kappa shape index (κ3) is 5.25. The molecule has 7 rings (SSSR count). The monoisotopic (exact) mass is 582 g/mol. The minimum absolute atomic E-state index is 0.0704. The number of hydrogen-bond acceptors (Lipinski definition) is 6. The fourth-order valence-electron chi connectivity index (χ4n) is 6.12. The molecule has 0 radical (unpaired) electrons. The van der Waals surface area contributed by atoms with Gasteiger partial charge in [-0.2, -0.15) is 8.78 Å². The van der Waals surface area contributed by atoms with E-state index >= 15 is 0 Å². The molecule has 8 heteroatoms. The van der Waals surface area contributed by atoms with Crippen molar-refractivity contribution in [3.63, 3.8) is 0 Å². The minimum Gasteiger partial charge on any atom is -0.489 e. The number of carbonyl (C=O) groups excluding carboxylic acids is 1. The van der Waals surface area contributed by atoms with Crippen LogP contribution in [-0.4, -0.2) is 24.0 Å². The first kappa shape index (κ1) is 27.5. The Labute approximate surface area is 247 Å². The van der Waals surface area contributed by atoms with Gasteiger partial charge in [-0.15, -0.1) is 0 Å². The molecule has 1 heterocycles. The summed E-state index contributed by atoms with van der Waals surface area (Å²) in [5.74, 6) is 0.600. The van der Waals surface area contributed by atoms with Crippen LogP contribution in [0.3, 0.4) is 0 Å². The summed E-state index contributed by atoms with van der Waals surface area (Å²) in [4.78, 5) is 18.7. The number of rotatable bonds is 9. The molecular formula is C35H32F2N2O4. The number of aromatic nitrogens is 1. The maximum absolute atomic E-state index is 14.1. The number of benzene rings is 4. The van der Waals surface area contributed by atoms with E-state index in [0.717, 1.165) is 41.8 Å². The number of carbonyl (C=O) groups is 1. The largest absolute Gasteiger partial charge is 0.489 e. The Balaban J connectivity index is 1.28. The molecule has 1 saturated carbocycles. The first-order chi connectivity index (χ1) is 20.9. The van der Waals surface area contributed by atoms with Crippen molar-refractivity contribution in [1.82, 2.24) is 4.98 Å². The number of nitrogens with zero attached hydrogens (tertiary/aromatic N) is 1. The van der Waals surface area contributed by atoms with E-state index in [-0.39, 0.29) is 34.6 Å². The summed E-state index contributed by atoms with van der Waals surface area (Å²) in [6.07, 6.45) is 6.66. The van der Waals surface area contributed by atoms with Crippen LogP contribution in [-0.2, 0) is 12.8 Å². The molecule has 220 valence electrons. The molecule has 2 N–H and O–H groups in total. The van der Waals surface area contributed by atoms with Crippen molar-refractivity contribution in [2.75, 3.05) is 6.61 Å². The maximum Gasteiger partial charge on any atom is 0.387 e. The van der Waals surface area contributed by atoms with Gasteiger partial charge in [0.1, 0.15) is 0 Å². The lowest BCUT2D eigenvalue weighted by molar-refractivity contribution is -0.0515. The number of ketones is 1. The summed E-state index contributed by atoms with van der Waals surface area (Å²) in [6.45, 7) is -0.861. The van der Waals surface area contributed by atoms with E-state index in [1.807, 2.05) is 12.1 Å². The zero-order valence-corrected chi connectivity index (χ0v) is 23.9. The highest BCUT2D eigenvalue weighted by Gasteiger charge is 2.27. The third-order valence-corrected chi connectivity index (χ3v) is 8.49. The molecule has 0 bridgehead atoms. The molecule has 1 fully saturated rings. The van der Waals surface area contributed by atoms with E-state index in [4.69, 9.17) is 14.9 Å². The molecule has 0 saturated heterocycles. The van der Waals surface area contributed by atoms with E-state index in [2.05, 4.69) is 34.0 Å². The van der Waals surface area contributed by atoms with Crippen LogP contribution in [0, 0.1) is 5.92 Å². The van der Waals surface area contributed by atoms with Crippen LogP contribution < -0.4 is 15.2 Å². The maximum atomic E-state index is 14.1. The van der Waals surface area contributed by atoms with Gasteiger partial charge in [0, 0.05) is 11.1 Å². The topological polar surface area (TPSA) is 87.6 Å². The second-order valence-electron chi connectivity index (χ2n) is 11.6. The van der Waals surface area contributed by atoms with Crippen LogP contribution in [0.15, 0.2) is 65.1 Å². The van der Waals surface area contributed by atoms with Crippen molar-refractivity contribution in [1.29, 1.82) is 0 Å². The third-order valence-electron chi connectivity index (χ3n) is 8.49. The highest BCUT2D eigenvalue weighted by atomic mass is 19.3. The Morgan fingerprint density at radius 1 is 0.977 bits per heavy atom. The number of oxazole rings is 1. The first-order valence-electron chi connectivity index (χ1n) is 14.9. The smallest absolute Gasteiger partial charge is 0.387 e. The van der Waals surface area contributed by atoms with Crippen molar-refractivity contribution in [2.24, 2.45) is 11.7 Å². The minimum atomic E-state index is -2.99. The molecule has 43 heavy (non-hydrogen) atoms. The lowest BCUT2D eigenvalue weighted by Crippen LogP contribution is -2.12. The number of fused-ring (bicyclic) bond motifs is 5. The van der Waals surface area contributed by atoms with Gasteiger partial charge < -0.3 is 19.6 Å². The Kier molecular flexibility index (Phi) is 7.09. The van der Waals surface area contributed by atoms with Crippen LogP contribution in [0.2, 0.25) is 0 Å². The fourth-order valence-corrected chi connectivity index (χ4v) is 6.12. The zero-order chi connectivity index (χ0) is 29.7. The number of hydrogen-bond donors (Lipinski definition) is 1. The molecule has 4 aromatic carbocycles. The normalized spacial score (nSPS) is 15.6. The van der Waals surface area contributed by atoms with Crippen molar-refractivity contribution in [3.8, 4) is 23.0 Å². The summed E-state index contributed by atoms with van der Waals surface area (Å²) >= 11 is 0. The predicted octanol–water partition coefficient (Wildman–Crippen LogP) is 8.17. The molecule has 0 amide bonds. The Hall–Kier alpha value is -4.30. The van der Waals surface area contributed by atoms with Gasteiger partial charge in [-0.3, -0.25) is 4.79 Å². The van der Waals surface area contributed by atoms with Gasteiger partial charge >= 0.3 is 6.61 Å². The number of halogens is 2. The summed E-state index contributed by atoms with van der Waals surface area (Å²) < 4.78 is 42.6. The van der Waals surface area contributed by atoms with Gasteiger partial charge in [-0.1, -0.05) is 42.5 Å². The van der Waals surface area contributed by atoms with Crippen molar-refractivity contribution in [3.05, 3.63) is 88.8 Å². The van der Waals surface area contributed by atoms with Crippen LogP contribution in [0.4, 0.5) is 8.78 Å². The Bertz CT molecular complexity index is 1860. The summed E-state index contributed by atoms with van der Waals surface area (Å²) in [5.41, 5.74) is 10.2. The van der Waals surface area contributed by atoms with Gasteiger partial charge in [0.15, 0.2) is 23.0 Å². The van der Waals surface area contributed by atoms with E-state index < -0.39 is 12.7 Å². The first-order valence-corrected chi connectivity index (χ1v) is 14.9. The molecule has 5 aromatic rings. The lowest BCUT2D eigenvalue weighted by Gasteiger charge is -2.19. The molecule has 2 aliphatic carbocycles. The van der Waals surface area contributed by atoms with Crippen LogP contribution in [0.1, 0.15) is 71.6 Å². The van der Waals surface area contributed by atoms with E-state index in [1.165, 1.54) is 35.4 Å². The summed E-state index contributed by atoms with van der Waals surface area (Å²) in [6, 6.07) is 18.2. The lowest BCUT2D eigenvalue weighted by atomic mass is 9.86. The number of alkyl halides is 2. The van der Waals surface area contributed by atoms with Gasteiger partial charge in [-0.05, 0) is 102 Å². The quantitative estimate of drug-likeness (QED) is 0.139. The SMILES string of the molecule is CC(N)c1oc(-c2ccc(OC(F)F)c(OCC3CC3)c2)nc1C(=O)c1cccc2c1ccc1c3c(ccc12)CCCC3. The second-order valence-corrected chi connectivity index (χ2v) is 11.6. The van der Waals surface area contributed by atoms with Crippen LogP contribution in [0.25, 0.3) is 33.0 Å². The standard InChI is InChI=1S/C35H32F2N2O4/c1-19(38)33-31(39-34(43-33)22-12-16-29(42-35(36)37)30(17-22)41-18-20-9-10-20)32(40)28-8-4-7-24-26-13-11-21-5-2-3-6-23(21)25(26)14-15-27(24)28/h4,7-8,11-17,19-20,35H,2-3,5-6,9-10,18,38H2,1H3. The zero-order valence-electron chi connectivity index (χ0n) is 23.9. The molecule has 6 nitrogen and oxygen atoms in total. The molecule has 0 spiro atoms. The summed E-state index contributed by atoms with van der Waals surface area (Å²) in [5, 5.41) is 4.22. The second kappa shape index (κ2) is 11.1. The molecule has 1 unspecified atom stereocenters. The van der Waals surface area contributed by atoms with Crippen molar-refractivity contribution >= 4 is 27.3 Å². The van der Waals surface area contributed by atoms with Gasteiger partial charge in [0.25, 0.3) is 0 Å². The molecule has 0 aliphatic heterocycles. The van der Waals surface area contributed by atoms with Gasteiger partial charge in [-0.25, -0.2) is 4.98 Å². The summed E-state index contributed by atoms with van der Waals surface area (Å²) in [7, 11) is 0. The highest BCUT2D eigenvalue weighted by molar-refractivity contribution is 6.20. The molecule has 1 aromatic heterocycles. The number of aryl methyl sites for hydroxylation is 2. The van der Waals surface area contributed by atoms with Crippen molar-refractivity contribution in [2.45, 2.75) is 58.1 Å². The highest BCUT2D eigenvalue weighted by Crippen LogP contribution is 2.38. The average molecular weight is 583 g/mol. The average Bonchev–Trinajstić information content (AvgIpc) is 3.74. The number of ether oxygens (including phenoxy) is 2. The molecular weight excluding hydrogens is 550 g/mol. The Morgan fingerprint density at radius 3 is 2.53 bits per heavy atom. The van der Waals surface area contributed by atoms with Gasteiger partial charge in [0.05, 0.1) is 12.6 Å².